The normalized spacial score (nSPS) is 32.1. The highest BCUT2D eigenvalue weighted by atomic mass is 31.2. The van der Waals surface area contributed by atoms with E-state index in [4.69, 9.17) is 13.5 Å². The van der Waals surface area contributed by atoms with Gasteiger partial charge in [0.2, 0.25) is 0 Å². The summed E-state index contributed by atoms with van der Waals surface area (Å²) >= 11 is 0. The molecule has 4 atom stereocenters. The van der Waals surface area contributed by atoms with E-state index in [0.29, 0.717) is 6.04 Å². The van der Waals surface area contributed by atoms with Crippen LogP contribution in [0, 0.1) is 0 Å². The van der Waals surface area contributed by atoms with Crippen molar-refractivity contribution in [2.75, 3.05) is 159 Å². The van der Waals surface area contributed by atoms with Crippen LogP contribution in [0.25, 0.3) is 0 Å². The molecule has 3 aliphatic rings. The zero-order valence-electron chi connectivity index (χ0n) is 35.3. The van der Waals surface area contributed by atoms with Crippen LogP contribution in [0.3, 0.4) is 0 Å². The maximum Gasteiger partial charge on any atom is 0.268 e. The molecule has 0 amide bonds. The fourth-order valence-electron chi connectivity index (χ4n) is 10.5. The smallest absolute Gasteiger partial charge is 0.268 e. The standard InChI is InChI=1S/C32H77N13P4/c1-36(2)29-23-28-49(45(19)20,32(29,41(11)12)42(13)14)35-46(33-47(43(15)16)26-21-24-30(47,37(3)4)38(5)6)34-48(44(17)18)27-22-25-31(48,39(7)8)40(9)10/h29H,21-28H2,1-20H3. The summed E-state index contributed by atoms with van der Waals surface area (Å²) in [6, 6.07) is 0.312. The third-order valence-electron chi connectivity index (χ3n) is 12.3. The molecule has 4 unspecified atom stereocenters. The van der Waals surface area contributed by atoms with Crippen LogP contribution in [0.5, 0.6) is 0 Å². The molecule has 290 valence electrons. The number of nitrogens with zero attached hydrogens (tertiary/aromatic N) is 13. The zero-order chi connectivity index (χ0) is 37.7. The number of rotatable bonds is 13. The van der Waals surface area contributed by atoms with Gasteiger partial charge in [-0.25, -0.2) is 13.5 Å². The fraction of sp³-hybridized carbons (Fsp3) is 1.00. The van der Waals surface area contributed by atoms with Crippen LogP contribution in [0.1, 0.15) is 32.1 Å². The molecule has 49 heavy (non-hydrogen) atoms. The van der Waals surface area contributed by atoms with E-state index < -0.39 is 30.0 Å². The van der Waals surface area contributed by atoms with Gasteiger partial charge in [0.05, 0.1) is 21.6 Å². The zero-order valence-corrected chi connectivity index (χ0v) is 38.9. The SMILES string of the molecule is CN(C)C1CCP(=NP(N=P2(N(C)C)CCCC2(N(C)C)N(C)C)N=P2(N(C)C)CCCC2(N(C)C)N(C)C)(N(C)C)C1(N(C)C)N(C)C. The van der Waals surface area contributed by atoms with Crippen molar-refractivity contribution in [3.05, 3.63) is 0 Å². The Morgan fingerprint density at radius 3 is 1.04 bits per heavy atom. The molecule has 3 saturated heterocycles. The van der Waals surface area contributed by atoms with Gasteiger partial charge in [-0.3, -0.25) is 43.4 Å². The van der Waals surface area contributed by atoms with Crippen LogP contribution < -0.4 is 0 Å². The summed E-state index contributed by atoms with van der Waals surface area (Å²) in [6.45, 7) is 0. The first-order valence-electron chi connectivity index (χ1n) is 17.9. The lowest BCUT2D eigenvalue weighted by molar-refractivity contribution is 0.0147. The van der Waals surface area contributed by atoms with E-state index in [-0.39, 0.29) is 16.2 Å². The van der Waals surface area contributed by atoms with Gasteiger partial charge in [0.25, 0.3) is 8.37 Å². The van der Waals surface area contributed by atoms with E-state index in [0.717, 1.165) is 50.6 Å². The van der Waals surface area contributed by atoms with Crippen LogP contribution in [0.2, 0.25) is 0 Å². The Kier molecular flexibility index (Phi) is 14.3. The lowest BCUT2D eigenvalue weighted by Gasteiger charge is -2.55. The fourth-order valence-corrected chi connectivity index (χ4v) is 31.3. The van der Waals surface area contributed by atoms with E-state index >= 15 is 0 Å². The van der Waals surface area contributed by atoms with Gasteiger partial charge >= 0.3 is 0 Å². The summed E-state index contributed by atoms with van der Waals surface area (Å²) in [6.07, 6.45) is 8.78. The van der Waals surface area contributed by atoms with Gasteiger partial charge in [0, 0.05) is 12.2 Å². The number of likely N-dealkylation sites (N-methyl/N-ethyl adjacent to an activating group) is 3. The topological polar surface area (TPSA) is 69.5 Å². The van der Waals surface area contributed by atoms with Crippen molar-refractivity contribution >= 4 is 30.0 Å². The van der Waals surface area contributed by atoms with Gasteiger partial charge in [-0.1, -0.05) is 0 Å². The molecular formula is C32H77N13P4. The van der Waals surface area contributed by atoms with E-state index in [1.165, 1.54) is 0 Å². The molecular weight excluding hydrogens is 690 g/mol. The predicted octanol–water partition coefficient (Wildman–Crippen LogP) is 5.50. The highest BCUT2D eigenvalue weighted by molar-refractivity contribution is 7.80. The van der Waals surface area contributed by atoms with Crippen molar-refractivity contribution in [2.24, 2.45) is 13.5 Å². The van der Waals surface area contributed by atoms with Crippen LogP contribution in [0.4, 0.5) is 0 Å². The minimum absolute atomic E-state index is 0.187. The molecule has 0 aromatic heterocycles. The Labute approximate surface area is 304 Å². The second-order valence-corrected chi connectivity index (χ2v) is 29.4. The third-order valence-corrected chi connectivity index (χ3v) is 31.0. The molecule has 0 aromatic rings. The van der Waals surface area contributed by atoms with Gasteiger partial charge in [0.1, 0.15) is 16.2 Å². The third kappa shape index (κ3) is 6.42. The van der Waals surface area contributed by atoms with E-state index in [1.807, 2.05) is 0 Å². The Bertz CT molecular complexity index is 1220. The number of hydrogen-bond acceptors (Lipinski definition) is 10. The molecule has 0 aliphatic carbocycles. The first-order chi connectivity index (χ1) is 22.5. The van der Waals surface area contributed by atoms with Gasteiger partial charge in [-0.15, -0.1) is 0 Å². The van der Waals surface area contributed by atoms with Crippen LogP contribution in [0.15, 0.2) is 13.5 Å². The first-order valence-corrected chi connectivity index (χ1v) is 24.7. The van der Waals surface area contributed by atoms with Crippen molar-refractivity contribution in [1.29, 1.82) is 0 Å². The Morgan fingerprint density at radius 1 is 0.449 bits per heavy atom. The minimum atomic E-state index is -2.30. The van der Waals surface area contributed by atoms with Crippen molar-refractivity contribution in [1.82, 2.24) is 48.3 Å². The maximum atomic E-state index is 6.37. The number of hydrogen-bond donors (Lipinski definition) is 0. The summed E-state index contributed by atoms with van der Waals surface area (Å²) in [4.78, 5) is 17.3. The van der Waals surface area contributed by atoms with Gasteiger partial charge in [-0.2, -0.15) is 0 Å². The summed E-state index contributed by atoms with van der Waals surface area (Å²) in [5.41, 5.74) is 0. The lowest BCUT2D eigenvalue weighted by Crippen LogP contribution is -2.64. The largest absolute Gasteiger partial charge is 0.303 e. The molecule has 3 heterocycles. The molecule has 0 spiro atoms. The van der Waals surface area contributed by atoms with E-state index in [2.05, 4.69) is 189 Å². The van der Waals surface area contributed by atoms with Crippen LogP contribution in [-0.2, 0) is 0 Å². The highest BCUT2D eigenvalue weighted by Gasteiger charge is 2.62. The van der Waals surface area contributed by atoms with Crippen molar-refractivity contribution in [2.45, 2.75) is 54.4 Å². The molecule has 3 aliphatic heterocycles. The molecule has 0 bridgehead atoms. The molecule has 0 aromatic carbocycles. The summed E-state index contributed by atoms with van der Waals surface area (Å²) in [5, 5.41) is -0.675. The molecule has 0 N–H and O–H groups in total. The Balaban J connectivity index is 2.73. The lowest BCUT2D eigenvalue weighted by atomic mass is 10.1. The van der Waals surface area contributed by atoms with Crippen LogP contribution >= 0.6 is 30.0 Å². The second kappa shape index (κ2) is 15.8. The molecule has 0 saturated carbocycles. The highest BCUT2D eigenvalue weighted by Crippen LogP contribution is 2.82. The molecule has 17 heteroatoms. The molecule has 13 nitrogen and oxygen atoms in total. The first kappa shape index (κ1) is 44.1. The molecule has 0 radical (unpaired) electrons. The van der Waals surface area contributed by atoms with Gasteiger partial charge in [-0.05, 0) is 185 Å². The summed E-state index contributed by atoms with van der Waals surface area (Å²) < 4.78 is 26.6. The Morgan fingerprint density at radius 2 is 0.776 bits per heavy atom. The predicted molar refractivity (Wildman–Crippen MR) is 222 cm³/mol. The average Bonchev–Trinajstić information content (AvgIpc) is 3.65. The summed E-state index contributed by atoms with van der Waals surface area (Å²) in [5.74, 6) is 0. The van der Waals surface area contributed by atoms with E-state index in [9.17, 15) is 0 Å². The second-order valence-electron chi connectivity index (χ2n) is 16.5. The monoisotopic (exact) mass is 768 g/mol. The van der Waals surface area contributed by atoms with Crippen molar-refractivity contribution in [3.8, 4) is 0 Å². The van der Waals surface area contributed by atoms with Crippen LogP contribution in [-0.4, -0.2) is 230 Å². The van der Waals surface area contributed by atoms with E-state index in [1.54, 1.807) is 0 Å². The van der Waals surface area contributed by atoms with Gasteiger partial charge in [0.15, 0.2) is 0 Å². The quantitative estimate of drug-likeness (QED) is 0.178. The molecule has 3 fully saturated rings. The summed E-state index contributed by atoms with van der Waals surface area (Å²) in [7, 11) is 37.3. The Hall–Kier alpha value is 0.720. The van der Waals surface area contributed by atoms with Gasteiger partial charge < -0.3 is 4.90 Å². The van der Waals surface area contributed by atoms with Crippen molar-refractivity contribution < 1.29 is 0 Å². The average molecular weight is 768 g/mol. The molecule has 3 rings (SSSR count). The maximum absolute atomic E-state index is 6.37. The van der Waals surface area contributed by atoms with Crippen molar-refractivity contribution in [3.63, 3.8) is 0 Å². The minimum Gasteiger partial charge on any atom is -0.303 e.